The number of nitrogens with zero attached hydrogens (tertiary/aromatic N) is 1. The maximum absolute atomic E-state index is 13.0. The molecular weight excluding hydrogens is 305 g/mol. The lowest BCUT2D eigenvalue weighted by molar-refractivity contribution is -0.116. The molecule has 1 N–H and O–H groups in total. The van der Waals surface area contributed by atoms with Gasteiger partial charge < -0.3 is 10.0 Å². The summed E-state index contributed by atoms with van der Waals surface area (Å²) in [6.45, 7) is 0.287. The van der Waals surface area contributed by atoms with Crippen LogP contribution in [-0.2, 0) is 11.3 Å². The molecule has 0 aromatic heterocycles. The molecule has 0 aliphatic carbocycles. The van der Waals surface area contributed by atoms with Crippen molar-refractivity contribution in [3.8, 4) is 0 Å². The minimum absolute atomic E-state index is 0.0932. The zero-order valence-corrected chi connectivity index (χ0v) is 12.3. The number of carboxylic acids is 1. The van der Waals surface area contributed by atoms with Crippen molar-refractivity contribution in [2.24, 2.45) is 0 Å². The van der Waals surface area contributed by atoms with E-state index in [0.717, 1.165) is 10.5 Å². The number of fused-ring (bicyclic) bond motifs is 1. The predicted molar refractivity (Wildman–Crippen MR) is 81.7 cm³/mol. The van der Waals surface area contributed by atoms with Crippen LogP contribution in [0.4, 0.5) is 10.1 Å². The van der Waals surface area contributed by atoms with E-state index in [9.17, 15) is 14.0 Å². The molecule has 0 unspecified atom stereocenters. The van der Waals surface area contributed by atoms with Gasteiger partial charge in [0.05, 0.1) is 23.5 Å². The number of thioether (sulfide) groups is 1. The van der Waals surface area contributed by atoms with E-state index < -0.39 is 5.97 Å². The Bertz CT molecular complexity index is 746. The minimum atomic E-state index is -1.03. The average molecular weight is 317 g/mol. The molecule has 22 heavy (non-hydrogen) atoms. The summed E-state index contributed by atoms with van der Waals surface area (Å²) >= 11 is 1.39. The van der Waals surface area contributed by atoms with E-state index in [1.807, 2.05) is 0 Å². The van der Waals surface area contributed by atoms with Crippen LogP contribution in [0, 0.1) is 5.82 Å². The van der Waals surface area contributed by atoms with Crippen molar-refractivity contribution in [2.45, 2.75) is 11.4 Å². The Balaban J connectivity index is 1.97. The fourth-order valence-corrected chi connectivity index (χ4v) is 3.20. The van der Waals surface area contributed by atoms with E-state index in [1.54, 1.807) is 23.1 Å². The van der Waals surface area contributed by atoms with Crippen LogP contribution in [0.5, 0.6) is 0 Å². The van der Waals surface area contributed by atoms with Gasteiger partial charge in [0.2, 0.25) is 5.91 Å². The third kappa shape index (κ3) is 2.82. The Morgan fingerprint density at radius 3 is 2.64 bits per heavy atom. The molecule has 3 rings (SSSR count). The van der Waals surface area contributed by atoms with Gasteiger partial charge in [-0.3, -0.25) is 4.79 Å². The number of hydrogen-bond acceptors (Lipinski definition) is 3. The molecule has 2 aromatic carbocycles. The summed E-state index contributed by atoms with van der Waals surface area (Å²) in [6, 6.07) is 10.7. The normalized spacial score (nSPS) is 13.9. The molecule has 2 aromatic rings. The Hall–Kier alpha value is -2.34. The lowest BCUT2D eigenvalue weighted by Gasteiger charge is -2.29. The number of aromatic carboxylic acids is 1. The van der Waals surface area contributed by atoms with Crippen LogP contribution in [0.15, 0.2) is 47.4 Å². The van der Waals surface area contributed by atoms with Gasteiger partial charge >= 0.3 is 5.97 Å². The monoisotopic (exact) mass is 317 g/mol. The molecular formula is C16H12FNO3S. The Labute approximate surface area is 130 Å². The second-order valence-corrected chi connectivity index (χ2v) is 5.90. The lowest BCUT2D eigenvalue weighted by atomic mass is 10.1. The van der Waals surface area contributed by atoms with Gasteiger partial charge in [0.15, 0.2) is 0 Å². The Kier molecular flexibility index (Phi) is 3.85. The number of hydrogen-bond donors (Lipinski definition) is 1. The van der Waals surface area contributed by atoms with Gasteiger partial charge in [-0.25, -0.2) is 9.18 Å². The van der Waals surface area contributed by atoms with Crippen LogP contribution < -0.4 is 4.90 Å². The van der Waals surface area contributed by atoms with E-state index in [4.69, 9.17) is 5.11 Å². The van der Waals surface area contributed by atoms with Crippen LogP contribution in [0.2, 0.25) is 0 Å². The van der Waals surface area contributed by atoms with Crippen molar-refractivity contribution in [1.29, 1.82) is 0 Å². The zero-order valence-electron chi connectivity index (χ0n) is 11.5. The topological polar surface area (TPSA) is 57.6 Å². The van der Waals surface area contributed by atoms with Gasteiger partial charge in [0, 0.05) is 4.90 Å². The molecule has 0 radical (unpaired) electrons. The lowest BCUT2D eigenvalue weighted by Crippen LogP contribution is -2.35. The molecule has 1 aliphatic heterocycles. The summed E-state index contributed by atoms with van der Waals surface area (Å²) in [5.41, 5.74) is 1.51. The summed E-state index contributed by atoms with van der Waals surface area (Å²) in [7, 11) is 0. The quantitative estimate of drug-likeness (QED) is 0.945. The number of halogens is 1. The molecule has 1 heterocycles. The maximum Gasteiger partial charge on any atom is 0.335 e. The predicted octanol–water partition coefficient (Wildman–Crippen LogP) is 3.16. The minimum Gasteiger partial charge on any atom is -0.478 e. The van der Waals surface area contributed by atoms with Crippen molar-refractivity contribution in [2.75, 3.05) is 10.7 Å². The molecule has 4 nitrogen and oxygen atoms in total. The van der Waals surface area contributed by atoms with Crippen LogP contribution in [-0.4, -0.2) is 22.7 Å². The molecule has 0 fully saturated rings. The number of carbonyl (C=O) groups excluding carboxylic acids is 1. The van der Waals surface area contributed by atoms with E-state index in [-0.39, 0.29) is 23.8 Å². The van der Waals surface area contributed by atoms with E-state index >= 15 is 0 Å². The highest BCUT2D eigenvalue weighted by atomic mass is 32.2. The van der Waals surface area contributed by atoms with E-state index in [0.29, 0.717) is 11.4 Å². The summed E-state index contributed by atoms with van der Waals surface area (Å²) in [5.74, 6) is -1.16. The molecule has 1 amide bonds. The highest BCUT2D eigenvalue weighted by Gasteiger charge is 2.25. The van der Waals surface area contributed by atoms with Crippen molar-refractivity contribution in [3.05, 3.63) is 59.4 Å². The van der Waals surface area contributed by atoms with Gasteiger partial charge in [0.25, 0.3) is 0 Å². The van der Waals surface area contributed by atoms with Crippen LogP contribution in [0.1, 0.15) is 15.9 Å². The number of carbonyl (C=O) groups is 2. The first kappa shape index (κ1) is 14.6. The summed E-state index contributed by atoms with van der Waals surface area (Å²) in [6.07, 6.45) is 0. The zero-order chi connectivity index (χ0) is 15.7. The first-order valence-electron chi connectivity index (χ1n) is 6.59. The van der Waals surface area contributed by atoms with Gasteiger partial charge in [-0.15, -0.1) is 11.8 Å². The van der Waals surface area contributed by atoms with Crippen LogP contribution >= 0.6 is 11.8 Å². The van der Waals surface area contributed by atoms with Crippen molar-refractivity contribution < 1.29 is 19.1 Å². The summed E-state index contributed by atoms with van der Waals surface area (Å²) < 4.78 is 13.0. The highest BCUT2D eigenvalue weighted by molar-refractivity contribution is 8.00. The molecule has 0 spiro atoms. The number of anilines is 1. The molecule has 0 saturated carbocycles. The van der Waals surface area contributed by atoms with Crippen LogP contribution in [0.25, 0.3) is 0 Å². The summed E-state index contributed by atoms with van der Waals surface area (Å²) in [4.78, 5) is 25.7. The highest BCUT2D eigenvalue weighted by Crippen LogP contribution is 2.36. The standard InChI is InChI=1S/C16H12FNO3S/c17-12-4-1-10(2-5-12)8-18-13-7-11(16(20)21)3-6-14(13)22-9-15(18)19/h1-7H,8-9H2,(H,20,21). The average Bonchev–Trinajstić information content (AvgIpc) is 2.51. The second-order valence-electron chi connectivity index (χ2n) is 4.88. The van der Waals surface area contributed by atoms with Gasteiger partial charge in [-0.2, -0.15) is 0 Å². The van der Waals surface area contributed by atoms with E-state index in [2.05, 4.69) is 0 Å². The number of amides is 1. The molecule has 0 atom stereocenters. The third-order valence-corrected chi connectivity index (χ3v) is 4.45. The van der Waals surface area contributed by atoms with Gasteiger partial charge in [-0.1, -0.05) is 12.1 Å². The summed E-state index contributed by atoms with van der Waals surface area (Å²) in [5, 5.41) is 9.11. The fraction of sp³-hybridized carbons (Fsp3) is 0.125. The molecule has 0 bridgehead atoms. The van der Waals surface area contributed by atoms with Crippen molar-refractivity contribution >= 4 is 29.3 Å². The molecule has 0 saturated heterocycles. The first-order valence-corrected chi connectivity index (χ1v) is 7.58. The Morgan fingerprint density at radius 1 is 1.23 bits per heavy atom. The maximum atomic E-state index is 13.0. The van der Waals surface area contributed by atoms with Crippen LogP contribution in [0.3, 0.4) is 0 Å². The second kappa shape index (κ2) is 5.81. The van der Waals surface area contributed by atoms with Gasteiger partial charge in [0.1, 0.15) is 5.82 Å². The van der Waals surface area contributed by atoms with Gasteiger partial charge in [-0.05, 0) is 35.9 Å². The van der Waals surface area contributed by atoms with E-state index in [1.165, 1.54) is 36.0 Å². The number of carboxylic acid groups (broad SMARTS) is 1. The largest absolute Gasteiger partial charge is 0.478 e. The number of benzene rings is 2. The smallest absolute Gasteiger partial charge is 0.335 e. The third-order valence-electron chi connectivity index (χ3n) is 3.40. The Morgan fingerprint density at radius 2 is 1.95 bits per heavy atom. The number of rotatable bonds is 3. The van der Waals surface area contributed by atoms with Crippen molar-refractivity contribution in [1.82, 2.24) is 0 Å². The first-order chi connectivity index (χ1) is 10.5. The molecule has 112 valence electrons. The molecule has 6 heteroatoms. The SMILES string of the molecule is O=C(O)c1ccc2c(c1)N(Cc1ccc(F)cc1)C(=O)CS2. The fourth-order valence-electron chi connectivity index (χ4n) is 2.28. The molecule has 1 aliphatic rings. The van der Waals surface area contributed by atoms with Crippen molar-refractivity contribution in [3.63, 3.8) is 0 Å².